The Bertz CT molecular complexity index is 1080. The van der Waals surface area contributed by atoms with Crippen LogP contribution in [-0.2, 0) is 4.79 Å². The van der Waals surface area contributed by atoms with E-state index in [1.54, 1.807) is 36.4 Å². The van der Waals surface area contributed by atoms with Crippen LogP contribution in [0.2, 0.25) is 0 Å². The Kier molecular flexibility index (Phi) is 8.77. The highest BCUT2D eigenvalue weighted by Gasteiger charge is 2.31. The van der Waals surface area contributed by atoms with Crippen molar-refractivity contribution in [3.63, 3.8) is 0 Å². The van der Waals surface area contributed by atoms with Crippen molar-refractivity contribution in [1.29, 1.82) is 0 Å². The average Bonchev–Trinajstić information content (AvgIpc) is 3.36. The summed E-state index contributed by atoms with van der Waals surface area (Å²) >= 11 is 3.40. The Balaban J connectivity index is 1.35. The number of thiazole rings is 1. The number of nitrogens with zero attached hydrogens (tertiary/aromatic N) is 3. The lowest BCUT2D eigenvalue weighted by atomic mass is 9.79. The molecule has 7 nitrogen and oxygen atoms in total. The number of likely N-dealkylation sites (tertiary alicyclic amines) is 1. The second kappa shape index (κ2) is 12.0. The fourth-order valence-corrected chi connectivity index (χ4v) is 6.54. The van der Waals surface area contributed by atoms with Crippen molar-refractivity contribution in [2.24, 2.45) is 11.8 Å². The molecule has 1 fully saturated rings. The van der Waals surface area contributed by atoms with E-state index >= 15 is 0 Å². The van der Waals surface area contributed by atoms with Gasteiger partial charge in [0.25, 0.3) is 0 Å². The van der Waals surface area contributed by atoms with E-state index in [4.69, 9.17) is 4.74 Å². The average molecular weight is 502 g/mol. The second-order valence-electron chi connectivity index (χ2n) is 8.73. The van der Waals surface area contributed by atoms with Gasteiger partial charge in [0.15, 0.2) is 0 Å². The molecule has 1 aliphatic heterocycles. The molecule has 182 valence electrons. The molecule has 0 amide bonds. The monoisotopic (exact) mass is 501 g/mol. The fraction of sp³-hybridized carbons (Fsp3) is 0.480. The van der Waals surface area contributed by atoms with Crippen LogP contribution in [0.4, 0.5) is 0 Å². The van der Waals surface area contributed by atoms with Crippen molar-refractivity contribution in [2.75, 3.05) is 32.5 Å². The first-order chi connectivity index (χ1) is 16.5. The molecule has 3 aromatic rings. The van der Waals surface area contributed by atoms with Crippen molar-refractivity contribution in [2.45, 2.75) is 36.1 Å². The van der Waals surface area contributed by atoms with E-state index in [2.05, 4.69) is 14.9 Å². The fourth-order valence-electron chi connectivity index (χ4n) is 4.83. The van der Waals surface area contributed by atoms with Crippen LogP contribution in [0, 0.1) is 11.8 Å². The zero-order valence-electron chi connectivity index (χ0n) is 19.3. The highest BCUT2D eigenvalue weighted by Crippen LogP contribution is 2.35. The van der Waals surface area contributed by atoms with Crippen LogP contribution < -0.4 is 4.74 Å². The van der Waals surface area contributed by atoms with Crippen LogP contribution in [0.25, 0.3) is 10.9 Å². The first-order valence-electron chi connectivity index (χ1n) is 11.6. The molecule has 0 bridgehead atoms. The van der Waals surface area contributed by atoms with Gasteiger partial charge in [-0.25, -0.2) is 4.98 Å². The first kappa shape index (κ1) is 24.9. The van der Waals surface area contributed by atoms with Crippen molar-refractivity contribution in [3.05, 3.63) is 47.6 Å². The maximum Gasteiger partial charge on any atom is 0.303 e. The Morgan fingerprint density at radius 1 is 1.29 bits per heavy atom. The number of carboxylic acid groups (broad SMARTS) is 1. The van der Waals surface area contributed by atoms with Gasteiger partial charge in [-0.3, -0.25) is 9.78 Å². The Morgan fingerprint density at radius 3 is 2.94 bits per heavy atom. The van der Waals surface area contributed by atoms with Gasteiger partial charge in [0.05, 0.1) is 18.7 Å². The molecule has 34 heavy (non-hydrogen) atoms. The number of aliphatic hydroxyl groups excluding tert-OH is 1. The minimum atomic E-state index is -0.748. The summed E-state index contributed by atoms with van der Waals surface area (Å²) in [6.45, 7) is 2.69. The summed E-state index contributed by atoms with van der Waals surface area (Å²) < 4.78 is 6.42. The zero-order chi connectivity index (χ0) is 23.9. The van der Waals surface area contributed by atoms with Gasteiger partial charge in [-0.1, -0.05) is 11.8 Å². The molecular formula is C25H31N3O4S2. The van der Waals surface area contributed by atoms with E-state index in [9.17, 15) is 15.0 Å². The second-order valence-corrected chi connectivity index (χ2v) is 11.0. The van der Waals surface area contributed by atoms with E-state index < -0.39 is 12.1 Å². The topological polar surface area (TPSA) is 95.8 Å². The molecule has 1 saturated heterocycles. The molecule has 4 rings (SSSR count). The number of hydrogen-bond acceptors (Lipinski definition) is 8. The van der Waals surface area contributed by atoms with Gasteiger partial charge < -0.3 is 19.8 Å². The van der Waals surface area contributed by atoms with Crippen LogP contribution in [0.1, 0.15) is 37.4 Å². The molecule has 2 aromatic heterocycles. The maximum absolute atomic E-state index is 11.6. The molecule has 1 aliphatic rings. The van der Waals surface area contributed by atoms with Crippen LogP contribution in [-0.4, -0.2) is 63.5 Å². The Morgan fingerprint density at radius 2 is 2.18 bits per heavy atom. The lowest BCUT2D eigenvalue weighted by Crippen LogP contribution is -2.42. The molecule has 1 aromatic carbocycles. The molecule has 0 spiro atoms. The van der Waals surface area contributed by atoms with E-state index in [0.717, 1.165) is 64.8 Å². The molecule has 0 saturated carbocycles. The van der Waals surface area contributed by atoms with Crippen molar-refractivity contribution in [1.82, 2.24) is 14.9 Å². The van der Waals surface area contributed by atoms with E-state index in [0.29, 0.717) is 6.42 Å². The Labute approximate surface area is 208 Å². The quantitative estimate of drug-likeness (QED) is 0.365. The third-order valence-corrected chi connectivity index (χ3v) is 8.55. The molecule has 1 unspecified atom stereocenters. The summed E-state index contributed by atoms with van der Waals surface area (Å²) in [4.78, 5) is 22.6. The van der Waals surface area contributed by atoms with Gasteiger partial charge in [0, 0.05) is 48.4 Å². The van der Waals surface area contributed by atoms with Crippen LogP contribution in [0.3, 0.4) is 0 Å². The lowest BCUT2D eigenvalue weighted by molar-refractivity contribution is -0.139. The number of benzene rings is 1. The van der Waals surface area contributed by atoms with Gasteiger partial charge in [0.1, 0.15) is 10.1 Å². The molecule has 2 N–H and O–H groups in total. The van der Waals surface area contributed by atoms with Gasteiger partial charge in [-0.2, -0.15) is 0 Å². The molecule has 3 heterocycles. The van der Waals surface area contributed by atoms with Crippen molar-refractivity contribution < 1.29 is 19.7 Å². The number of pyridine rings is 1. The molecular weight excluding hydrogens is 470 g/mol. The number of methoxy groups -OCH3 is 1. The lowest BCUT2D eigenvalue weighted by Gasteiger charge is -2.38. The summed E-state index contributed by atoms with van der Waals surface area (Å²) in [5.74, 6) is 1.32. The number of aromatic nitrogens is 2. The number of piperidine rings is 1. The largest absolute Gasteiger partial charge is 0.497 e. The molecule has 0 radical (unpaired) electrons. The third-order valence-electron chi connectivity index (χ3n) is 6.61. The summed E-state index contributed by atoms with van der Waals surface area (Å²) in [5, 5.41) is 23.4. The van der Waals surface area contributed by atoms with Gasteiger partial charge in [0.2, 0.25) is 0 Å². The summed E-state index contributed by atoms with van der Waals surface area (Å²) in [6, 6.07) is 7.54. The summed E-state index contributed by atoms with van der Waals surface area (Å²) in [6.07, 6.45) is 5.44. The number of fused-ring (bicyclic) bond motifs is 1. The third kappa shape index (κ3) is 6.47. The molecule has 0 aliphatic carbocycles. The summed E-state index contributed by atoms with van der Waals surface area (Å²) in [5.41, 5.74) is 1.67. The van der Waals surface area contributed by atoms with Gasteiger partial charge >= 0.3 is 5.97 Å². The first-order valence-corrected chi connectivity index (χ1v) is 13.5. The van der Waals surface area contributed by atoms with Crippen molar-refractivity contribution in [3.8, 4) is 5.75 Å². The number of rotatable bonds is 11. The minimum Gasteiger partial charge on any atom is -0.497 e. The van der Waals surface area contributed by atoms with E-state index in [1.807, 2.05) is 35.8 Å². The van der Waals surface area contributed by atoms with Gasteiger partial charge in [-0.15, -0.1) is 11.3 Å². The molecule has 9 heteroatoms. The van der Waals surface area contributed by atoms with E-state index in [1.165, 1.54) is 0 Å². The smallest absolute Gasteiger partial charge is 0.303 e. The number of aliphatic carboxylic acids is 1. The Hall–Kier alpha value is -2.20. The SMILES string of the molecule is COc1ccc2nccc(C(O)CC[C@@H]3CCN(CCSc4nccs4)C[C@@H]3CC(=O)O)c2c1. The van der Waals surface area contributed by atoms with Crippen LogP contribution in [0.5, 0.6) is 5.75 Å². The minimum absolute atomic E-state index is 0.0950. The van der Waals surface area contributed by atoms with Crippen LogP contribution >= 0.6 is 23.1 Å². The number of carbonyl (C=O) groups is 1. The number of ether oxygens (including phenoxy) is 1. The van der Waals surface area contributed by atoms with Crippen LogP contribution in [0.15, 0.2) is 46.4 Å². The normalized spacial score (nSPS) is 19.8. The standard InChI is InChI=1S/C25H31N3O4S2/c1-32-19-3-4-22-21(15-19)20(6-8-26-22)23(29)5-2-17-7-10-28(16-18(17)14-24(30)31)11-13-34-25-27-9-12-33-25/h3-4,6,8-9,12,15,17-18,23,29H,2,5,7,10-11,13-14,16H2,1H3,(H,30,31)/t17-,18+,23?/m1/s1. The number of carboxylic acids is 1. The number of aliphatic hydroxyl groups is 1. The summed E-state index contributed by atoms with van der Waals surface area (Å²) in [7, 11) is 1.63. The maximum atomic E-state index is 11.6. The van der Waals surface area contributed by atoms with Crippen molar-refractivity contribution >= 4 is 40.0 Å². The predicted molar refractivity (Wildman–Crippen MR) is 136 cm³/mol. The number of thioether (sulfide) groups is 1. The molecule has 3 atom stereocenters. The predicted octanol–water partition coefficient (Wildman–Crippen LogP) is 4.72. The van der Waals surface area contributed by atoms with Gasteiger partial charge in [-0.05, 0) is 67.5 Å². The highest BCUT2D eigenvalue weighted by molar-refractivity contribution is 8.01. The van der Waals surface area contributed by atoms with E-state index in [-0.39, 0.29) is 18.3 Å². The highest BCUT2D eigenvalue weighted by atomic mass is 32.2. The number of hydrogen-bond donors (Lipinski definition) is 2. The zero-order valence-corrected chi connectivity index (χ0v) is 20.9.